The van der Waals surface area contributed by atoms with E-state index in [1.165, 1.54) is 18.3 Å². The summed E-state index contributed by atoms with van der Waals surface area (Å²) < 4.78 is 18.8. The van der Waals surface area contributed by atoms with Crippen molar-refractivity contribution in [2.75, 3.05) is 17.7 Å². The van der Waals surface area contributed by atoms with Crippen LogP contribution in [0.25, 0.3) is 0 Å². The summed E-state index contributed by atoms with van der Waals surface area (Å²) in [6.07, 6.45) is 3.15. The Bertz CT molecular complexity index is 1130. The molecule has 156 valence electrons. The van der Waals surface area contributed by atoms with Gasteiger partial charge in [-0.05, 0) is 35.4 Å². The second kappa shape index (κ2) is 9.21. The molecule has 2 aromatic heterocycles. The van der Waals surface area contributed by atoms with E-state index in [1.54, 1.807) is 24.4 Å². The Morgan fingerprint density at radius 1 is 0.935 bits per heavy atom. The lowest BCUT2D eigenvalue weighted by Gasteiger charge is -2.28. The molecule has 2 N–H and O–H groups in total. The zero-order chi connectivity index (χ0) is 21.6. The zero-order valence-corrected chi connectivity index (χ0v) is 16.8. The molecule has 0 aliphatic carbocycles. The number of carbonyl (C=O) groups is 1. The molecule has 1 amide bonds. The van der Waals surface area contributed by atoms with Crippen molar-refractivity contribution in [2.45, 2.75) is 11.8 Å². The monoisotopic (exact) mass is 416 g/mol. The van der Waals surface area contributed by atoms with Crippen molar-refractivity contribution in [2.24, 2.45) is 0 Å². The number of aromatic nitrogens is 2. The molecule has 31 heavy (non-hydrogen) atoms. The largest absolute Gasteiger partial charge is 0.387 e. The fraction of sp³-hybridized carbons (Fsp3) is 0.125. The predicted molar refractivity (Wildman–Crippen MR) is 116 cm³/mol. The number of anilines is 2. The highest BCUT2D eigenvalue weighted by Crippen LogP contribution is 2.41. The lowest BCUT2D eigenvalue weighted by atomic mass is 9.78. The molecule has 6 nitrogen and oxygen atoms in total. The number of amides is 1. The molecular weight excluding hydrogens is 395 g/mol. The van der Waals surface area contributed by atoms with E-state index in [1.807, 2.05) is 49.5 Å². The molecule has 2 atom stereocenters. The number of benzene rings is 2. The first-order valence-corrected chi connectivity index (χ1v) is 9.82. The van der Waals surface area contributed by atoms with Gasteiger partial charge in [0.15, 0.2) is 0 Å². The van der Waals surface area contributed by atoms with E-state index in [2.05, 4.69) is 20.8 Å². The molecule has 0 bridgehead atoms. The van der Waals surface area contributed by atoms with Gasteiger partial charge in [-0.3, -0.25) is 15.1 Å². The van der Waals surface area contributed by atoms with Crippen LogP contribution >= 0.6 is 0 Å². The second-order valence-corrected chi connectivity index (χ2v) is 6.97. The molecule has 0 radical (unpaired) electrons. The van der Waals surface area contributed by atoms with Gasteiger partial charge in [0.2, 0.25) is 11.8 Å². The molecule has 4 aromatic rings. The highest BCUT2D eigenvalue weighted by atomic mass is 19.1. The average Bonchev–Trinajstić information content (AvgIpc) is 3.32. The summed E-state index contributed by atoms with van der Waals surface area (Å²) in [6, 6.07) is 20.9. The van der Waals surface area contributed by atoms with Crippen molar-refractivity contribution in [3.05, 3.63) is 108 Å². The van der Waals surface area contributed by atoms with Crippen molar-refractivity contribution in [3.63, 3.8) is 0 Å². The summed E-state index contributed by atoms with van der Waals surface area (Å²) in [7, 11) is 1.81. The Hall–Kier alpha value is -4.00. The Morgan fingerprint density at radius 3 is 2.39 bits per heavy atom. The molecule has 2 unspecified atom stereocenters. The maximum atomic E-state index is 13.7. The highest BCUT2D eigenvalue weighted by Gasteiger charge is 2.35. The number of hydrogen-bond donors (Lipinski definition) is 2. The molecule has 0 aliphatic heterocycles. The van der Waals surface area contributed by atoms with E-state index < -0.39 is 11.8 Å². The number of halogens is 1. The number of nitrogens with zero attached hydrogens (tertiary/aromatic N) is 2. The third-order valence-electron chi connectivity index (χ3n) is 5.09. The molecule has 7 heteroatoms. The van der Waals surface area contributed by atoms with Gasteiger partial charge < -0.3 is 9.84 Å². The number of nitrogens with one attached hydrogen (secondary N) is 2. The van der Waals surface area contributed by atoms with E-state index in [0.29, 0.717) is 11.3 Å². The fourth-order valence-electron chi connectivity index (χ4n) is 3.69. The first kappa shape index (κ1) is 20.3. The third kappa shape index (κ3) is 4.45. The van der Waals surface area contributed by atoms with Crippen LogP contribution in [-0.4, -0.2) is 23.1 Å². The minimum atomic E-state index is -0.713. The molecule has 0 spiro atoms. The van der Waals surface area contributed by atoms with E-state index in [4.69, 9.17) is 4.52 Å². The first-order valence-electron chi connectivity index (χ1n) is 9.82. The summed E-state index contributed by atoms with van der Waals surface area (Å²) in [4.78, 5) is 18.2. The van der Waals surface area contributed by atoms with Gasteiger partial charge in [-0.25, -0.2) is 4.39 Å². The number of rotatable bonds is 7. The number of hydrogen-bond acceptors (Lipinski definition) is 5. The van der Waals surface area contributed by atoms with Crippen LogP contribution in [0.15, 0.2) is 89.7 Å². The fourth-order valence-corrected chi connectivity index (χ4v) is 3.69. The van der Waals surface area contributed by atoms with Gasteiger partial charge in [0.1, 0.15) is 5.82 Å². The number of carbonyl (C=O) groups excluding carboxylic acids is 1. The zero-order valence-electron chi connectivity index (χ0n) is 16.8. The lowest BCUT2D eigenvalue weighted by Crippen LogP contribution is -2.28. The summed E-state index contributed by atoms with van der Waals surface area (Å²) in [6.45, 7) is 0. The molecule has 2 aromatic carbocycles. The molecule has 0 saturated heterocycles. The molecular formula is C24H21FN4O2. The summed E-state index contributed by atoms with van der Waals surface area (Å²) in [5.41, 5.74) is 3.06. The Kier molecular flexibility index (Phi) is 6.03. The standard InChI is InChI=1S/C24H21FN4O2/c1-26-19-8-5-14-27-23(19)21(16-6-3-2-4-7-16)22(17-9-11-18(25)12-10-17)24(30)29-20-13-15-28-31-20/h2-15,21-22,26H,1H3,(H,29,30). The van der Waals surface area contributed by atoms with E-state index in [-0.39, 0.29) is 17.6 Å². The lowest BCUT2D eigenvalue weighted by molar-refractivity contribution is -0.118. The number of pyridine rings is 1. The van der Waals surface area contributed by atoms with Crippen molar-refractivity contribution in [1.29, 1.82) is 0 Å². The van der Waals surface area contributed by atoms with Crippen molar-refractivity contribution >= 4 is 17.5 Å². The Morgan fingerprint density at radius 2 is 1.71 bits per heavy atom. The van der Waals surface area contributed by atoms with Gasteiger partial charge >= 0.3 is 0 Å². The van der Waals surface area contributed by atoms with Crippen molar-refractivity contribution < 1.29 is 13.7 Å². The van der Waals surface area contributed by atoms with Gasteiger partial charge in [-0.1, -0.05) is 47.6 Å². The predicted octanol–water partition coefficient (Wildman–Crippen LogP) is 4.80. The van der Waals surface area contributed by atoms with Gasteiger partial charge in [0.25, 0.3) is 0 Å². The van der Waals surface area contributed by atoms with Crippen LogP contribution in [0.3, 0.4) is 0 Å². The minimum Gasteiger partial charge on any atom is -0.387 e. The van der Waals surface area contributed by atoms with Crippen LogP contribution in [0.4, 0.5) is 16.0 Å². The Balaban J connectivity index is 1.88. The van der Waals surface area contributed by atoms with Gasteiger partial charge in [0, 0.05) is 25.2 Å². The quantitative estimate of drug-likeness (QED) is 0.452. The molecule has 2 heterocycles. The maximum Gasteiger partial charge on any atom is 0.235 e. The van der Waals surface area contributed by atoms with Crippen LogP contribution < -0.4 is 10.6 Å². The van der Waals surface area contributed by atoms with E-state index in [0.717, 1.165) is 11.3 Å². The smallest absolute Gasteiger partial charge is 0.235 e. The van der Waals surface area contributed by atoms with E-state index in [9.17, 15) is 9.18 Å². The van der Waals surface area contributed by atoms with Crippen LogP contribution in [0.5, 0.6) is 0 Å². The van der Waals surface area contributed by atoms with Crippen LogP contribution in [0.2, 0.25) is 0 Å². The van der Waals surface area contributed by atoms with Crippen molar-refractivity contribution in [1.82, 2.24) is 10.1 Å². The van der Waals surface area contributed by atoms with Crippen molar-refractivity contribution in [3.8, 4) is 0 Å². The SMILES string of the molecule is CNc1cccnc1C(c1ccccc1)C(C(=O)Nc1ccno1)c1ccc(F)cc1. The normalized spacial score (nSPS) is 12.7. The topological polar surface area (TPSA) is 80.0 Å². The highest BCUT2D eigenvalue weighted by molar-refractivity contribution is 5.96. The molecule has 4 rings (SSSR count). The maximum absolute atomic E-state index is 13.7. The van der Waals surface area contributed by atoms with Gasteiger partial charge in [-0.2, -0.15) is 0 Å². The van der Waals surface area contributed by atoms with Crippen LogP contribution in [-0.2, 0) is 4.79 Å². The van der Waals surface area contributed by atoms with Gasteiger partial charge in [-0.15, -0.1) is 0 Å². The summed E-state index contributed by atoms with van der Waals surface area (Å²) in [5, 5.41) is 9.59. The summed E-state index contributed by atoms with van der Waals surface area (Å²) in [5.74, 6) is -1.61. The van der Waals surface area contributed by atoms with Crippen LogP contribution in [0.1, 0.15) is 28.7 Å². The first-order chi connectivity index (χ1) is 15.2. The third-order valence-corrected chi connectivity index (χ3v) is 5.09. The average molecular weight is 416 g/mol. The van der Waals surface area contributed by atoms with Crippen LogP contribution in [0, 0.1) is 5.82 Å². The molecule has 0 aliphatic rings. The van der Waals surface area contributed by atoms with Gasteiger partial charge in [0.05, 0.1) is 23.5 Å². The molecule has 0 saturated carbocycles. The summed E-state index contributed by atoms with van der Waals surface area (Å²) >= 11 is 0. The minimum absolute atomic E-state index is 0.235. The Labute approximate surface area is 179 Å². The van der Waals surface area contributed by atoms with E-state index >= 15 is 0 Å². The second-order valence-electron chi connectivity index (χ2n) is 6.97. The molecule has 0 fully saturated rings.